The first kappa shape index (κ1) is 29.8. The van der Waals surface area contributed by atoms with Crippen molar-refractivity contribution >= 4 is 35.5 Å². The number of amides is 5. The normalized spacial score (nSPS) is 17.9. The Morgan fingerprint density at radius 2 is 1.43 bits per heavy atom. The number of carbonyl (C=O) groups is 6. The van der Waals surface area contributed by atoms with Gasteiger partial charge in [0.15, 0.2) is 0 Å². The lowest BCUT2D eigenvalue weighted by atomic mass is 10.0. The van der Waals surface area contributed by atoms with E-state index in [-0.39, 0.29) is 18.4 Å². The summed E-state index contributed by atoms with van der Waals surface area (Å²) in [6, 6.07) is -3.79. The second-order valence-electron chi connectivity index (χ2n) is 9.26. The molecule has 0 aromatic carbocycles. The van der Waals surface area contributed by atoms with Crippen LogP contribution in [-0.2, 0) is 28.8 Å². The summed E-state index contributed by atoms with van der Waals surface area (Å²) < 4.78 is 0. The van der Waals surface area contributed by atoms with E-state index in [1.165, 1.54) is 11.8 Å². The molecule has 7 N–H and O–H groups in total. The summed E-state index contributed by atoms with van der Waals surface area (Å²) in [6.45, 7) is 7.90. The zero-order chi connectivity index (χ0) is 26.9. The number of hydrogen-bond acceptors (Lipinski definition) is 7. The number of nitrogens with zero attached hydrogens (tertiary/aromatic N) is 1. The van der Waals surface area contributed by atoms with E-state index in [1.807, 2.05) is 0 Å². The Kier molecular flexibility index (Phi) is 11.6. The van der Waals surface area contributed by atoms with Crippen LogP contribution in [0.25, 0.3) is 0 Å². The Morgan fingerprint density at radius 3 is 1.94 bits per heavy atom. The number of aliphatic carboxylic acids is 1. The number of nitrogens with one attached hydrogen (secondary N) is 4. The van der Waals surface area contributed by atoms with Crippen LogP contribution in [0.5, 0.6) is 0 Å². The standard InChI is InChI=1S/C22H38N6O7/c1-11(2)17(26-15(29)9-23)19(31)24-10-16(30)27-18(12(3)4)20(32)25-13(5)21(33)28-8-6-7-14(28)22(34)35/h11-14,17-18H,6-10,23H2,1-5H3,(H,24,31)(H,25,32)(H,26,29)(H,27,30)(H,34,35). The second kappa shape index (κ2) is 13.6. The fourth-order valence-electron chi connectivity index (χ4n) is 3.70. The lowest BCUT2D eigenvalue weighted by molar-refractivity contribution is -0.149. The Hall–Kier alpha value is -3.22. The van der Waals surface area contributed by atoms with Gasteiger partial charge in [0.2, 0.25) is 29.5 Å². The van der Waals surface area contributed by atoms with Crippen LogP contribution in [-0.4, -0.2) is 89.3 Å². The van der Waals surface area contributed by atoms with Gasteiger partial charge in [0.1, 0.15) is 24.2 Å². The Morgan fingerprint density at radius 1 is 0.886 bits per heavy atom. The number of likely N-dealkylation sites (tertiary alicyclic amines) is 1. The molecule has 0 bridgehead atoms. The molecule has 1 heterocycles. The maximum Gasteiger partial charge on any atom is 0.326 e. The Bertz CT molecular complexity index is 816. The molecule has 0 aromatic heterocycles. The molecule has 4 unspecified atom stereocenters. The van der Waals surface area contributed by atoms with Crippen molar-refractivity contribution in [3.05, 3.63) is 0 Å². The molecule has 13 heteroatoms. The molecule has 1 aliphatic heterocycles. The summed E-state index contributed by atoms with van der Waals surface area (Å²) in [6.07, 6.45) is 0.916. The number of hydrogen-bond donors (Lipinski definition) is 6. The topological polar surface area (TPSA) is 200 Å². The van der Waals surface area contributed by atoms with E-state index in [0.717, 1.165) is 0 Å². The van der Waals surface area contributed by atoms with E-state index >= 15 is 0 Å². The fraction of sp³-hybridized carbons (Fsp3) is 0.727. The molecule has 5 amide bonds. The maximum atomic E-state index is 12.8. The quantitative estimate of drug-likeness (QED) is 0.176. The molecule has 4 atom stereocenters. The molecule has 0 aromatic rings. The molecule has 1 fully saturated rings. The SMILES string of the molecule is CC(NC(=O)C(NC(=O)CNC(=O)C(NC(=O)CN)C(C)C)C(C)C)C(=O)N1CCCC1C(=O)O. The Balaban J connectivity index is 2.70. The highest BCUT2D eigenvalue weighted by Gasteiger charge is 2.37. The van der Waals surface area contributed by atoms with Gasteiger partial charge in [-0.15, -0.1) is 0 Å². The highest BCUT2D eigenvalue weighted by molar-refractivity contribution is 5.95. The van der Waals surface area contributed by atoms with Crippen molar-refractivity contribution in [2.24, 2.45) is 17.6 Å². The minimum Gasteiger partial charge on any atom is -0.480 e. The molecule has 13 nitrogen and oxygen atoms in total. The van der Waals surface area contributed by atoms with Gasteiger partial charge in [-0.3, -0.25) is 24.0 Å². The molecule has 0 aliphatic carbocycles. The van der Waals surface area contributed by atoms with Crippen LogP contribution in [0.4, 0.5) is 0 Å². The molecular weight excluding hydrogens is 460 g/mol. The third-order valence-corrected chi connectivity index (χ3v) is 5.69. The van der Waals surface area contributed by atoms with Crippen molar-refractivity contribution in [3.8, 4) is 0 Å². The summed E-state index contributed by atoms with van der Waals surface area (Å²) in [4.78, 5) is 74.4. The maximum absolute atomic E-state index is 12.8. The van der Waals surface area contributed by atoms with Crippen molar-refractivity contribution in [1.82, 2.24) is 26.2 Å². The predicted molar refractivity (Wildman–Crippen MR) is 126 cm³/mol. The highest BCUT2D eigenvalue weighted by Crippen LogP contribution is 2.18. The lowest BCUT2D eigenvalue weighted by Gasteiger charge is -2.28. The van der Waals surface area contributed by atoms with Crippen molar-refractivity contribution in [2.75, 3.05) is 19.6 Å². The smallest absolute Gasteiger partial charge is 0.326 e. The minimum atomic E-state index is -1.09. The van der Waals surface area contributed by atoms with Crippen molar-refractivity contribution in [1.29, 1.82) is 0 Å². The van der Waals surface area contributed by atoms with E-state index in [2.05, 4.69) is 21.3 Å². The van der Waals surface area contributed by atoms with Crippen LogP contribution in [0, 0.1) is 11.8 Å². The van der Waals surface area contributed by atoms with E-state index in [4.69, 9.17) is 5.73 Å². The van der Waals surface area contributed by atoms with Crippen LogP contribution in [0.2, 0.25) is 0 Å². The molecule has 1 aliphatic rings. The first-order valence-corrected chi connectivity index (χ1v) is 11.7. The first-order chi connectivity index (χ1) is 16.3. The summed E-state index contributed by atoms with van der Waals surface area (Å²) in [5.74, 6) is -4.52. The highest BCUT2D eigenvalue weighted by atomic mass is 16.4. The Labute approximate surface area is 204 Å². The number of carboxylic acids is 1. The van der Waals surface area contributed by atoms with Crippen LogP contribution < -0.4 is 27.0 Å². The van der Waals surface area contributed by atoms with Gasteiger partial charge in [-0.05, 0) is 31.6 Å². The van der Waals surface area contributed by atoms with Crippen molar-refractivity contribution < 1.29 is 33.9 Å². The number of carboxylic acid groups (broad SMARTS) is 1. The largest absolute Gasteiger partial charge is 0.480 e. The summed E-state index contributed by atoms with van der Waals surface area (Å²) >= 11 is 0. The molecule has 198 valence electrons. The minimum absolute atomic E-state index is 0.252. The third kappa shape index (κ3) is 8.81. The van der Waals surface area contributed by atoms with E-state index in [1.54, 1.807) is 27.7 Å². The molecule has 1 saturated heterocycles. The van der Waals surface area contributed by atoms with Gasteiger partial charge in [-0.1, -0.05) is 27.7 Å². The third-order valence-electron chi connectivity index (χ3n) is 5.69. The molecule has 0 spiro atoms. The molecular formula is C22H38N6O7. The summed E-state index contributed by atoms with van der Waals surface area (Å²) in [7, 11) is 0. The van der Waals surface area contributed by atoms with Gasteiger partial charge in [-0.25, -0.2) is 4.79 Å². The van der Waals surface area contributed by atoms with Gasteiger partial charge >= 0.3 is 5.97 Å². The van der Waals surface area contributed by atoms with Gasteiger partial charge < -0.3 is 37.0 Å². The molecule has 35 heavy (non-hydrogen) atoms. The monoisotopic (exact) mass is 498 g/mol. The van der Waals surface area contributed by atoms with Gasteiger partial charge in [-0.2, -0.15) is 0 Å². The average molecular weight is 499 g/mol. The van der Waals surface area contributed by atoms with Crippen molar-refractivity contribution in [2.45, 2.75) is 71.6 Å². The van der Waals surface area contributed by atoms with Crippen molar-refractivity contribution in [3.63, 3.8) is 0 Å². The number of nitrogens with two attached hydrogens (primary N) is 1. The van der Waals surface area contributed by atoms with E-state index in [0.29, 0.717) is 19.4 Å². The van der Waals surface area contributed by atoms with Crippen LogP contribution >= 0.6 is 0 Å². The lowest BCUT2D eigenvalue weighted by Crippen LogP contribution is -2.57. The second-order valence-corrected chi connectivity index (χ2v) is 9.26. The van der Waals surface area contributed by atoms with Gasteiger partial charge in [0.05, 0.1) is 13.1 Å². The van der Waals surface area contributed by atoms with Gasteiger partial charge in [0.25, 0.3) is 0 Å². The zero-order valence-corrected chi connectivity index (χ0v) is 20.9. The summed E-state index contributed by atoms with van der Waals surface area (Å²) in [5, 5.41) is 19.3. The van der Waals surface area contributed by atoms with Crippen LogP contribution in [0.1, 0.15) is 47.5 Å². The molecule has 0 saturated carbocycles. The van der Waals surface area contributed by atoms with Crippen LogP contribution in [0.3, 0.4) is 0 Å². The molecule has 1 rings (SSSR count). The summed E-state index contributed by atoms with van der Waals surface area (Å²) in [5.41, 5.74) is 5.27. The van der Waals surface area contributed by atoms with E-state index < -0.39 is 66.2 Å². The molecule has 0 radical (unpaired) electrons. The zero-order valence-electron chi connectivity index (χ0n) is 20.9. The fourth-order valence-corrected chi connectivity index (χ4v) is 3.70. The first-order valence-electron chi connectivity index (χ1n) is 11.7. The van der Waals surface area contributed by atoms with Gasteiger partial charge in [0, 0.05) is 6.54 Å². The number of carbonyl (C=O) groups excluding carboxylic acids is 5. The van der Waals surface area contributed by atoms with E-state index in [9.17, 15) is 33.9 Å². The average Bonchev–Trinajstić information content (AvgIpc) is 3.28. The predicted octanol–water partition coefficient (Wildman–Crippen LogP) is -2.08. The number of rotatable bonds is 12. The van der Waals surface area contributed by atoms with Crippen LogP contribution in [0.15, 0.2) is 0 Å².